The van der Waals surface area contributed by atoms with Crippen LogP contribution in [0.5, 0.6) is 0 Å². The van der Waals surface area contributed by atoms with Crippen molar-refractivity contribution in [2.75, 3.05) is 6.54 Å². The van der Waals surface area contributed by atoms with E-state index in [-0.39, 0.29) is 28.2 Å². The van der Waals surface area contributed by atoms with Gasteiger partial charge in [-0.25, -0.2) is 13.4 Å². The minimum absolute atomic E-state index is 0.0797. The number of fused-ring (bicyclic) bond motifs is 1. The van der Waals surface area contributed by atoms with Crippen LogP contribution in [-0.4, -0.2) is 41.3 Å². The van der Waals surface area contributed by atoms with Crippen LogP contribution in [0.25, 0.3) is 10.8 Å². The number of aliphatic carboxylic acids is 1. The highest BCUT2D eigenvalue weighted by Gasteiger charge is 2.27. The van der Waals surface area contributed by atoms with Crippen LogP contribution in [0.2, 0.25) is 10.0 Å². The van der Waals surface area contributed by atoms with E-state index in [4.69, 9.17) is 34.7 Å². The highest BCUT2D eigenvalue weighted by molar-refractivity contribution is 7.89. The number of hydrogen-bond donors (Lipinski definition) is 3. The Kier molecular flexibility index (Phi) is 6.65. The Morgan fingerprint density at radius 2 is 1.87 bits per heavy atom. The molecule has 0 unspecified atom stereocenters. The first-order valence-electron chi connectivity index (χ1n) is 8.72. The SMILES string of the molecule is NC(N)=Nc1ncc(Cl)c2ccc(S(=O)(=O)N(CC(=O)O)Cc3cccc(Cl)c3)cc12. The number of carboxylic acids is 1. The van der Waals surface area contributed by atoms with Gasteiger partial charge in [-0.1, -0.05) is 41.4 Å². The molecule has 1 heterocycles. The van der Waals surface area contributed by atoms with Crippen LogP contribution in [0.15, 0.2) is 58.5 Å². The third-order valence-corrected chi connectivity index (χ3v) is 6.55. The first kappa shape index (κ1) is 22.8. The summed E-state index contributed by atoms with van der Waals surface area (Å²) in [6.07, 6.45) is 1.34. The number of hydrogen-bond acceptors (Lipinski definition) is 5. The monoisotopic (exact) mass is 481 g/mol. The average molecular weight is 482 g/mol. The van der Waals surface area contributed by atoms with E-state index in [0.717, 1.165) is 4.31 Å². The van der Waals surface area contributed by atoms with Gasteiger partial charge in [0, 0.05) is 28.5 Å². The molecule has 0 bridgehead atoms. The molecule has 0 aliphatic carbocycles. The zero-order chi connectivity index (χ0) is 22.8. The molecule has 2 aromatic carbocycles. The van der Waals surface area contributed by atoms with Gasteiger partial charge < -0.3 is 16.6 Å². The van der Waals surface area contributed by atoms with E-state index in [1.165, 1.54) is 24.4 Å². The number of carboxylic acid groups (broad SMARTS) is 1. The number of sulfonamides is 1. The number of nitrogens with two attached hydrogens (primary N) is 2. The molecule has 0 aliphatic heterocycles. The molecule has 0 fully saturated rings. The van der Waals surface area contributed by atoms with Crippen LogP contribution in [0.4, 0.5) is 5.82 Å². The number of benzene rings is 2. The van der Waals surface area contributed by atoms with Crippen molar-refractivity contribution < 1.29 is 18.3 Å². The number of carbonyl (C=O) groups is 1. The summed E-state index contributed by atoms with van der Waals surface area (Å²) in [6.45, 7) is -0.941. The van der Waals surface area contributed by atoms with Crippen molar-refractivity contribution in [1.29, 1.82) is 0 Å². The van der Waals surface area contributed by atoms with Gasteiger partial charge in [-0.3, -0.25) is 4.79 Å². The molecular formula is C19H17Cl2N5O4S. The zero-order valence-electron chi connectivity index (χ0n) is 15.9. The molecule has 31 heavy (non-hydrogen) atoms. The Labute approximate surface area is 188 Å². The van der Waals surface area contributed by atoms with Gasteiger partial charge in [0.2, 0.25) is 10.0 Å². The Morgan fingerprint density at radius 1 is 1.13 bits per heavy atom. The third kappa shape index (κ3) is 5.23. The molecule has 12 heteroatoms. The Morgan fingerprint density at radius 3 is 2.52 bits per heavy atom. The molecule has 0 saturated heterocycles. The summed E-state index contributed by atoms with van der Waals surface area (Å²) in [4.78, 5) is 19.2. The van der Waals surface area contributed by atoms with Crippen molar-refractivity contribution in [3.63, 3.8) is 0 Å². The minimum atomic E-state index is -4.23. The van der Waals surface area contributed by atoms with Gasteiger partial charge in [-0.2, -0.15) is 9.30 Å². The summed E-state index contributed by atoms with van der Waals surface area (Å²) in [7, 11) is -4.23. The maximum atomic E-state index is 13.3. The first-order valence-corrected chi connectivity index (χ1v) is 10.9. The molecule has 0 spiro atoms. The van der Waals surface area contributed by atoms with Crippen LogP contribution in [0.1, 0.15) is 5.56 Å². The van der Waals surface area contributed by atoms with Gasteiger partial charge >= 0.3 is 5.97 Å². The summed E-state index contributed by atoms with van der Waals surface area (Å²) in [5.74, 6) is -1.49. The van der Waals surface area contributed by atoms with Crippen molar-refractivity contribution >= 4 is 61.7 Å². The quantitative estimate of drug-likeness (QED) is 0.346. The van der Waals surface area contributed by atoms with E-state index >= 15 is 0 Å². The maximum Gasteiger partial charge on any atom is 0.318 e. The second kappa shape index (κ2) is 9.06. The molecule has 5 N–H and O–H groups in total. The van der Waals surface area contributed by atoms with Crippen molar-refractivity contribution in [3.05, 3.63) is 64.3 Å². The van der Waals surface area contributed by atoms with Gasteiger partial charge in [0.25, 0.3) is 0 Å². The fourth-order valence-corrected chi connectivity index (χ4v) is 4.74. The predicted octanol–water partition coefficient (Wildman–Crippen LogP) is 2.72. The Bertz CT molecular complexity index is 1290. The first-order chi connectivity index (χ1) is 14.6. The molecule has 0 amide bonds. The highest BCUT2D eigenvalue weighted by atomic mass is 35.5. The number of guanidine groups is 1. The topological polar surface area (TPSA) is 152 Å². The molecular weight excluding hydrogens is 465 g/mol. The minimum Gasteiger partial charge on any atom is -0.480 e. The van der Waals surface area contributed by atoms with Crippen LogP contribution >= 0.6 is 23.2 Å². The molecule has 0 saturated carbocycles. The molecule has 3 aromatic rings. The van der Waals surface area contributed by atoms with Gasteiger partial charge in [-0.15, -0.1) is 0 Å². The third-order valence-electron chi connectivity index (χ3n) is 4.22. The summed E-state index contributed by atoms with van der Waals surface area (Å²) < 4.78 is 27.5. The van der Waals surface area contributed by atoms with Crippen molar-refractivity contribution in [1.82, 2.24) is 9.29 Å². The van der Waals surface area contributed by atoms with E-state index in [2.05, 4.69) is 9.98 Å². The number of halogens is 2. The molecule has 1 aromatic heterocycles. The average Bonchev–Trinajstić information content (AvgIpc) is 2.69. The summed E-state index contributed by atoms with van der Waals surface area (Å²) >= 11 is 12.1. The van der Waals surface area contributed by atoms with Crippen LogP contribution in [0, 0.1) is 0 Å². The standard InChI is InChI=1S/C19H17Cl2N5O4S/c20-12-3-1-2-11(6-12)9-26(10-17(27)28)31(29,30)13-4-5-14-15(7-13)18(25-19(22)23)24-8-16(14)21/h1-8H,9-10H2,(H,27,28)(H4,22,23,24,25). The largest absolute Gasteiger partial charge is 0.480 e. The Hall–Kier alpha value is -2.92. The number of nitrogens with zero attached hydrogens (tertiary/aromatic N) is 3. The lowest BCUT2D eigenvalue weighted by Crippen LogP contribution is -2.35. The van der Waals surface area contributed by atoms with E-state index in [9.17, 15) is 18.3 Å². The van der Waals surface area contributed by atoms with Crippen molar-refractivity contribution in [2.45, 2.75) is 11.4 Å². The van der Waals surface area contributed by atoms with Crippen molar-refractivity contribution in [2.24, 2.45) is 16.5 Å². The molecule has 0 aliphatic rings. The van der Waals surface area contributed by atoms with Crippen molar-refractivity contribution in [3.8, 4) is 0 Å². The highest BCUT2D eigenvalue weighted by Crippen LogP contribution is 2.32. The lowest BCUT2D eigenvalue weighted by Gasteiger charge is -2.21. The number of aliphatic imine (C=N–C) groups is 1. The zero-order valence-corrected chi connectivity index (χ0v) is 18.2. The lowest BCUT2D eigenvalue weighted by molar-refractivity contribution is -0.137. The Balaban J connectivity index is 2.12. The molecule has 3 rings (SSSR count). The summed E-state index contributed by atoms with van der Waals surface area (Å²) in [5.41, 5.74) is 11.4. The number of pyridine rings is 1. The fraction of sp³-hybridized carbons (Fsp3) is 0.105. The van der Waals surface area contributed by atoms with E-state index in [0.29, 0.717) is 21.4 Å². The van der Waals surface area contributed by atoms with E-state index in [1.54, 1.807) is 24.3 Å². The molecule has 0 atom stereocenters. The van der Waals surface area contributed by atoms with Gasteiger partial charge in [0.15, 0.2) is 11.8 Å². The molecule has 0 radical (unpaired) electrons. The van der Waals surface area contributed by atoms with Gasteiger partial charge in [0.05, 0.1) is 9.92 Å². The number of rotatable bonds is 7. The normalized spacial score (nSPS) is 11.6. The van der Waals surface area contributed by atoms with Crippen LogP contribution in [0.3, 0.4) is 0 Å². The smallest absolute Gasteiger partial charge is 0.318 e. The summed E-state index contributed by atoms with van der Waals surface area (Å²) in [5, 5.41) is 10.7. The molecule has 162 valence electrons. The van der Waals surface area contributed by atoms with E-state index in [1.807, 2.05) is 0 Å². The maximum absolute atomic E-state index is 13.3. The summed E-state index contributed by atoms with van der Waals surface area (Å²) in [6, 6.07) is 10.6. The fourth-order valence-electron chi connectivity index (χ4n) is 2.91. The van der Waals surface area contributed by atoms with Crippen LogP contribution < -0.4 is 11.5 Å². The van der Waals surface area contributed by atoms with E-state index < -0.39 is 22.5 Å². The predicted molar refractivity (Wildman–Crippen MR) is 119 cm³/mol. The second-order valence-electron chi connectivity index (χ2n) is 6.47. The lowest BCUT2D eigenvalue weighted by atomic mass is 10.1. The second-order valence-corrected chi connectivity index (χ2v) is 9.25. The number of aromatic nitrogens is 1. The molecule has 9 nitrogen and oxygen atoms in total. The van der Waals surface area contributed by atoms with Crippen LogP contribution in [-0.2, 0) is 21.4 Å². The van der Waals surface area contributed by atoms with Gasteiger partial charge in [0.1, 0.15) is 6.54 Å². The van der Waals surface area contributed by atoms with Gasteiger partial charge in [-0.05, 0) is 29.8 Å².